The van der Waals surface area contributed by atoms with Crippen LogP contribution in [0.4, 0.5) is 10.2 Å². The van der Waals surface area contributed by atoms with Gasteiger partial charge >= 0.3 is 0 Å². The molecule has 1 aromatic heterocycles. The van der Waals surface area contributed by atoms with Crippen molar-refractivity contribution >= 4 is 11.7 Å². The predicted octanol–water partition coefficient (Wildman–Crippen LogP) is 1.99. The topological polar surface area (TPSA) is 104 Å². The predicted molar refractivity (Wildman–Crippen MR) is 101 cm³/mol. The van der Waals surface area contributed by atoms with Gasteiger partial charge in [0.15, 0.2) is 23.0 Å². The second kappa shape index (κ2) is 8.38. The Morgan fingerprint density at radius 3 is 2.64 bits per heavy atom. The molecule has 0 aliphatic rings. The zero-order chi connectivity index (χ0) is 20.1. The van der Waals surface area contributed by atoms with E-state index in [0.717, 1.165) is 5.56 Å². The van der Waals surface area contributed by atoms with Crippen LogP contribution in [-0.4, -0.2) is 35.1 Å². The van der Waals surface area contributed by atoms with Crippen molar-refractivity contribution in [2.75, 3.05) is 20.0 Å². The van der Waals surface area contributed by atoms with Gasteiger partial charge in [-0.3, -0.25) is 4.79 Å². The van der Waals surface area contributed by atoms with Crippen LogP contribution in [0.2, 0.25) is 0 Å². The lowest BCUT2D eigenvalue weighted by molar-refractivity contribution is 0.0946. The summed E-state index contributed by atoms with van der Waals surface area (Å²) in [6, 6.07) is 11.4. The van der Waals surface area contributed by atoms with Crippen LogP contribution in [0.25, 0.3) is 0 Å². The molecule has 0 saturated heterocycles. The third kappa shape index (κ3) is 4.20. The van der Waals surface area contributed by atoms with Crippen molar-refractivity contribution in [2.24, 2.45) is 0 Å². The number of amides is 1. The molecule has 0 saturated carbocycles. The third-order valence-corrected chi connectivity index (χ3v) is 4.11. The molecule has 0 fully saturated rings. The molecule has 3 rings (SSSR count). The van der Waals surface area contributed by atoms with Crippen LogP contribution in [0.5, 0.6) is 11.5 Å². The summed E-state index contributed by atoms with van der Waals surface area (Å²) in [5.41, 5.74) is 7.48. The number of benzene rings is 2. The summed E-state index contributed by atoms with van der Waals surface area (Å²) in [7, 11) is 3.09. The number of ether oxygens (including phenoxy) is 2. The molecule has 8 nitrogen and oxygen atoms in total. The van der Waals surface area contributed by atoms with Crippen LogP contribution in [0.3, 0.4) is 0 Å². The maximum Gasteiger partial charge on any atom is 0.275 e. The number of halogens is 1. The highest BCUT2D eigenvalue weighted by molar-refractivity contribution is 5.96. The number of nitrogens with zero attached hydrogens (tertiary/aromatic N) is 3. The lowest BCUT2D eigenvalue weighted by atomic mass is 10.2. The first-order valence-electron chi connectivity index (χ1n) is 8.44. The Morgan fingerprint density at radius 1 is 1.14 bits per heavy atom. The lowest BCUT2D eigenvalue weighted by Gasteiger charge is -2.10. The minimum Gasteiger partial charge on any atom is -0.493 e. The molecule has 9 heteroatoms. The smallest absolute Gasteiger partial charge is 0.275 e. The van der Waals surface area contributed by atoms with E-state index >= 15 is 0 Å². The zero-order valence-corrected chi connectivity index (χ0v) is 15.5. The first-order valence-corrected chi connectivity index (χ1v) is 8.44. The molecular weight excluding hydrogens is 365 g/mol. The van der Waals surface area contributed by atoms with Gasteiger partial charge in [0.25, 0.3) is 5.91 Å². The van der Waals surface area contributed by atoms with E-state index < -0.39 is 5.91 Å². The van der Waals surface area contributed by atoms with Gasteiger partial charge in [-0.25, -0.2) is 9.07 Å². The minimum absolute atomic E-state index is 0.0110. The second-order valence-corrected chi connectivity index (χ2v) is 5.98. The Bertz CT molecular complexity index is 989. The highest BCUT2D eigenvalue weighted by Crippen LogP contribution is 2.27. The Hall–Kier alpha value is -3.62. The second-order valence-electron chi connectivity index (χ2n) is 5.98. The highest BCUT2D eigenvalue weighted by Gasteiger charge is 2.17. The summed E-state index contributed by atoms with van der Waals surface area (Å²) in [6.45, 7) is 0.453. The minimum atomic E-state index is -0.460. The van der Waals surface area contributed by atoms with Crippen LogP contribution in [0.1, 0.15) is 21.6 Å². The summed E-state index contributed by atoms with van der Waals surface area (Å²) in [6.07, 6.45) is 0. The van der Waals surface area contributed by atoms with Gasteiger partial charge in [-0.2, -0.15) is 0 Å². The summed E-state index contributed by atoms with van der Waals surface area (Å²) >= 11 is 0. The van der Waals surface area contributed by atoms with E-state index in [0.29, 0.717) is 17.1 Å². The number of nitrogens with two attached hydrogens (primary N) is 1. The third-order valence-electron chi connectivity index (χ3n) is 4.11. The van der Waals surface area contributed by atoms with Gasteiger partial charge in [0.05, 0.1) is 20.8 Å². The largest absolute Gasteiger partial charge is 0.493 e. The first kappa shape index (κ1) is 19.2. The van der Waals surface area contributed by atoms with E-state index in [4.69, 9.17) is 15.2 Å². The standard InChI is InChI=1S/C19H20FN5O3/c1-27-15-7-6-12(9-16(15)28-2)10-22-19(26)17-18(21)25(24-23-17)11-13-4-3-5-14(20)8-13/h3-9H,10-11,21H2,1-2H3,(H,22,26). The maximum atomic E-state index is 13.3. The normalized spacial score (nSPS) is 10.5. The van der Waals surface area contributed by atoms with E-state index in [1.165, 1.54) is 23.9 Å². The van der Waals surface area contributed by atoms with Crippen molar-refractivity contribution in [3.63, 3.8) is 0 Å². The van der Waals surface area contributed by atoms with Crippen LogP contribution in [0, 0.1) is 5.82 Å². The molecule has 146 valence electrons. The number of carbonyl (C=O) groups excluding carboxylic acids is 1. The fourth-order valence-electron chi connectivity index (χ4n) is 2.66. The van der Waals surface area contributed by atoms with E-state index in [1.807, 2.05) is 6.07 Å². The maximum absolute atomic E-state index is 13.3. The van der Waals surface area contributed by atoms with E-state index in [9.17, 15) is 9.18 Å². The molecule has 0 radical (unpaired) electrons. The zero-order valence-electron chi connectivity index (χ0n) is 15.5. The van der Waals surface area contributed by atoms with Crippen molar-refractivity contribution in [1.82, 2.24) is 20.3 Å². The molecule has 0 aliphatic heterocycles. The summed E-state index contributed by atoms with van der Waals surface area (Å²) in [4.78, 5) is 12.4. The number of hydrogen-bond acceptors (Lipinski definition) is 6. The Kier molecular flexibility index (Phi) is 5.73. The van der Waals surface area contributed by atoms with Gasteiger partial charge in [-0.1, -0.05) is 23.4 Å². The van der Waals surface area contributed by atoms with Gasteiger partial charge in [0.1, 0.15) is 5.82 Å². The molecular formula is C19H20FN5O3. The van der Waals surface area contributed by atoms with Gasteiger partial charge in [0, 0.05) is 6.54 Å². The number of nitrogen functional groups attached to an aromatic ring is 1. The van der Waals surface area contributed by atoms with Gasteiger partial charge in [0.2, 0.25) is 0 Å². The molecule has 1 amide bonds. The lowest BCUT2D eigenvalue weighted by Crippen LogP contribution is -2.24. The number of rotatable bonds is 7. The van der Waals surface area contributed by atoms with Crippen molar-refractivity contribution < 1.29 is 18.7 Å². The Morgan fingerprint density at radius 2 is 1.93 bits per heavy atom. The molecule has 3 N–H and O–H groups in total. The quantitative estimate of drug-likeness (QED) is 0.645. The number of aromatic nitrogens is 3. The van der Waals surface area contributed by atoms with E-state index in [1.54, 1.807) is 31.4 Å². The molecule has 0 aliphatic carbocycles. The van der Waals surface area contributed by atoms with Crippen molar-refractivity contribution in [3.8, 4) is 11.5 Å². The molecule has 0 bridgehead atoms. The molecule has 0 atom stereocenters. The van der Waals surface area contributed by atoms with Gasteiger partial charge < -0.3 is 20.5 Å². The fraction of sp³-hybridized carbons (Fsp3) is 0.211. The number of hydrogen-bond donors (Lipinski definition) is 2. The number of anilines is 1. The molecule has 3 aromatic rings. The van der Waals surface area contributed by atoms with E-state index in [-0.39, 0.29) is 30.4 Å². The van der Waals surface area contributed by atoms with Crippen LogP contribution in [-0.2, 0) is 13.1 Å². The average Bonchev–Trinajstić information content (AvgIpc) is 3.06. The molecule has 2 aromatic carbocycles. The van der Waals surface area contributed by atoms with Crippen LogP contribution >= 0.6 is 0 Å². The van der Waals surface area contributed by atoms with Crippen molar-refractivity contribution in [2.45, 2.75) is 13.1 Å². The van der Waals surface area contributed by atoms with Crippen molar-refractivity contribution in [3.05, 3.63) is 65.1 Å². The number of methoxy groups -OCH3 is 2. The first-order chi connectivity index (χ1) is 13.5. The van der Waals surface area contributed by atoms with Crippen molar-refractivity contribution in [1.29, 1.82) is 0 Å². The molecule has 1 heterocycles. The van der Waals surface area contributed by atoms with E-state index in [2.05, 4.69) is 15.6 Å². The Labute approximate surface area is 161 Å². The molecule has 28 heavy (non-hydrogen) atoms. The summed E-state index contributed by atoms with van der Waals surface area (Å²) in [5, 5.41) is 10.5. The Balaban J connectivity index is 1.67. The van der Waals surface area contributed by atoms with Crippen LogP contribution in [0.15, 0.2) is 42.5 Å². The summed E-state index contributed by atoms with van der Waals surface area (Å²) in [5.74, 6) is 0.452. The molecule has 0 spiro atoms. The summed E-state index contributed by atoms with van der Waals surface area (Å²) < 4.78 is 25.1. The highest BCUT2D eigenvalue weighted by atomic mass is 19.1. The van der Waals surface area contributed by atoms with Gasteiger partial charge in [-0.05, 0) is 35.4 Å². The fourth-order valence-corrected chi connectivity index (χ4v) is 2.66. The van der Waals surface area contributed by atoms with Crippen LogP contribution < -0.4 is 20.5 Å². The SMILES string of the molecule is COc1ccc(CNC(=O)c2nnn(Cc3cccc(F)c3)c2N)cc1OC. The average molecular weight is 385 g/mol. The number of carbonyl (C=O) groups is 1. The monoisotopic (exact) mass is 385 g/mol. The number of nitrogens with one attached hydrogen (secondary N) is 1. The van der Waals surface area contributed by atoms with Gasteiger partial charge in [-0.15, -0.1) is 5.10 Å². The molecule has 0 unspecified atom stereocenters.